The van der Waals surface area contributed by atoms with Crippen molar-refractivity contribution >= 4 is 0 Å². The molecule has 16 heavy (non-hydrogen) atoms. The van der Waals surface area contributed by atoms with E-state index in [9.17, 15) is 0 Å². The lowest BCUT2D eigenvalue weighted by atomic mass is 10.00. The number of hydrogen-bond acceptors (Lipinski definition) is 1. The molecule has 1 heterocycles. The molecule has 0 bridgehead atoms. The Morgan fingerprint density at radius 1 is 1.31 bits per heavy atom. The Morgan fingerprint density at radius 3 is 2.88 bits per heavy atom. The van der Waals surface area contributed by atoms with Gasteiger partial charge in [-0.2, -0.15) is 0 Å². The molecule has 1 saturated heterocycles. The molecule has 1 aromatic rings. The minimum absolute atomic E-state index is 0.740. The molecule has 1 heteroatoms. The quantitative estimate of drug-likeness (QED) is 0.745. The van der Waals surface area contributed by atoms with E-state index in [-0.39, 0.29) is 0 Å². The summed E-state index contributed by atoms with van der Waals surface area (Å²) < 4.78 is 0. The van der Waals surface area contributed by atoms with E-state index >= 15 is 0 Å². The second-order valence-electron chi connectivity index (χ2n) is 5.67. The van der Waals surface area contributed by atoms with Crippen LogP contribution in [0.4, 0.5) is 0 Å². The van der Waals surface area contributed by atoms with Gasteiger partial charge in [-0.25, -0.2) is 0 Å². The summed E-state index contributed by atoms with van der Waals surface area (Å²) in [7, 11) is 0. The summed E-state index contributed by atoms with van der Waals surface area (Å²) in [5, 5.41) is 0. The highest BCUT2D eigenvalue weighted by atomic mass is 15.2. The Bertz CT molecular complexity index is 359. The van der Waals surface area contributed by atoms with Gasteiger partial charge in [0.2, 0.25) is 0 Å². The van der Waals surface area contributed by atoms with E-state index in [4.69, 9.17) is 0 Å². The predicted octanol–water partition coefficient (Wildman–Crippen LogP) is 3.31. The zero-order chi connectivity index (χ0) is 11.0. The normalized spacial score (nSPS) is 32.7. The van der Waals surface area contributed by atoms with Gasteiger partial charge in [0.05, 0.1) is 0 Å². The van der Waals surface area contributed by atoms with Crippen LogP contribution in [-0.4, -0.2) is 18.0 Å². The molecule has 0 radical (unpaired) electrons. The van der Waals surface area contributed by atoms with Crippen molar-refractivity contribution in [2.24, 2.45) is 11.3 Å². The summed E-state index contributed by atoms with van der Waals surface area (Å²) in [5.41, 5.74) is 2.21. The molecular formula is C15H21N. The van der Waals surface area contributed by atoms with Gasteiger partial charge in [-0.05, 0) is 29.7 Å². The van der Waals surface area contributed by atoms with Gasteiger partial charge in [0.15, 0.2) is 0 Å². The van der Waals surface area contributed by atoms with E-state index < -0.39 is 0 Å². The van der Waals surface area contributed by atoms with Crippen LogP contribution in [0.25, 0.3) is 0 Å². The molecule has 2 fully saturated rings. The molecule has 2 aliphatic rings. The number of likely N-dealkylation sites (tertiary alicyclic amines) is 1. The summed E-state index contributed by atoms with van der Waals surface area (Å²) in [6.07, 6.45) is 4.31. The van der Waals surface area contributed by atoms with Gasteiger partial charge in [-0.1, -0.05) is 43.7 Å². The second kappa shape index (κ2) is 3.89. The topological polar surface area (TPSA) is 3.24 Å². The van der Waals surface area contributed by atoms with Crippen molar-refractivity contribution in [3.8, 4) is 0 Å². The third-order valence-electron chi connectivity index (χ3n) is 4.37. The Labute approximate surface area is 98.5 Å². The van der Waals surface area contributed by atoms with Gasteiger partial charge >= 0.3 is 0 Å². The van der Waals surface area contributed by atoms with Crippen LogP contribution >= 0.6 is 0 Å². The van der Waals surface area contributed by atoms with E-state index in [2.05, 4.69) is 42.2 Å². The fourth-order valence-corrected chi connectivity index (χ4v) is 3.55. The largest absolute Gasteiger partial charge is 0.298 e. The highest BCUT2D eigenvalue weighted by Crippen LogP contribution is 2.60. The molecule has 1 saturated carbocycles. The number of fused-ring (bicyclic) bond motifs is 1. The molecule has 1 aromatic carbocycles. The molecule has 3 rings (SSSR count). The smallest absolute Gasteiger partial charge is 0.0234 e. The Hall–Kier alpha value is -0.820. The summed E-state index contributed by atoms with van der Waals surface area (Å²) >= 11 is 0. The maximum absolute atomic E-state index is 2.65. The van der Waals surface area contributed by atoms with Crippen molar-refractivity contribution < 1.29 is 0 Å². The third kappa shape index (κ3) is 1.78. The predicted molar refractivity (Wildman–Crippen MR) is 67.2 cm³/mol. The van der Waals surface area contributed by atoms with E-state index in [0.717, 1.165) is 17.9 Å². The zero-order valence-electron chi connectivity index (χ0n) is 10.2. The van der Waals surface area contributed by atoms with Crippen LogP contribution in [0.15, 0.2) is 30.3 Å². The molecule has 2 unspecified atom stereocenters. The number of hydrogen-bond donors (Lipinski definition) is 0. The van der Waals surface area contributed by atoms with Crippen LogP contribution in [0, 0.1) is 11.3 Å². The minimum atomic E-state index is 0.740. The van der Waals surface area contributed by atoms with Crippen molar-refractivity contribution in [3.05, 3.63) is 35.9 Å². The van der Waals surface area contributed by atoms with Gasteiger partial charge in [0.25, 0.3) is 0 Å². The number of piperidine rings is 1. The van der Waals surface area contributed by atoms with Gasteiger partial charge < -0.3 is 0 Å². The molecule has 1 nitrogen and oxygen atoms in total. The lowest BCUT2D eigenvalue weighted by molar-refractivity contribution is 0.266. The highest BCUT2D eigenvalue weighted by molar-refractivity contribution is 5.17. The monoisotopic (exact) mass is 215 g/mol. The highest BCUT2D eigenvalue weighted by Gasteiger charge is 2.58. The summed E-state index contributed by atoms with van der Waals surface area (Å²) in [6, 6.07) is 10.9. The molecular weight excluding hydrogens is 194 g/mol. The molecule has 2 atom stereocenters. The molecule has 0 spiro atoms. The van der Waals surface area contributed by atoms with E-state index in [1.54, 1.807) is 0 Å². The van der Waals surface area contributed by atoms with E-state index in [1.165, 1.54) is 37.9 Å². The standard InChI is InChI=1S/C15H21N/c1-2-8-15-9-14(15)11-16(12-15)10-13-6-4-3-5-7-13/h3-7,14H,2,8-12H2,1H3. The first kappa shape index (κ1) is 10.3. The van der Waals surface area contributed by atoms with Crippen LogP contribution in [0.3, 0.4) is 0 Å². The number of rotatable bonds is 4. The molecule has 1 aliphatic carbocycles. The van der Waals surface area contributed by atoms with Crippen molar-refractivity contribution in [2.45, 2.75) is 32.7 Å². The average Bonchev–Trinajstić information content (AvgIpc) is 2.82. The van der Waals surface area contributed by atoms with E-state index in [1.807, 2.05) is 0 Å². The van der Waals surface area contributed by atoms with Gasteiger partial charge in [-0.3, -0.25) is 4.90 Å². The van der Waals surface area contributed by atoms with Crippen LogP contribution in [0.1, 0.15) is 31.7 Å². The summed E-state index contributed by atoms with van der Waals surface area (Å²) in [4.78, 5) is 2.65. The van der Waals surface area contributed by atoms with Crippen molar-refractivity contribution in [1.82, 2.24) is 4.90 Å². The first-order valence-corrected chi connectivity index (χ1v) is 6.59. The zero-order valence-corrected chi connectivity index (χ0v) is 10.2. The first-order valence-electron chi connectivity index (χ1n) is 6.59. The molecule has 0 aromatic heterocycles. The van der Waals surface area contributed by atoms with Crippen LogP contribution < -0.4 is 0 Å². The van der Waals surface area contributed by atoms with Gasteiger partial charge in [0, 0.05) is 19.6 Å². The lowest BCUT2D eigenvalue weighted by Crippen LogP contribution is -2.24. The van der Waals surface area contributed by atoms with Crippen LogP contribution in [0.2, 0.25) is 0 Å². The molecule has 1 aliphatic heterocycles. The fourth-order valence-electron chi connectivity index (χ4n) is 3.55. The SMILES string of the molecule is CCCC12CC1CN(Cc1ccccc1)C2. The Balaban J connectivity index is 1.60. The summed E-state index contributed by atoms with van der Waals surface area (Å²) in [6.45, 7) is 6.17. The first-order chi connectivity index (χ1) is 7.82. The number of benzene rings is 1. The Morgan fingerprint density at radius 2 is 2.12 bits per heavy atom. The van der Waals surface area contributed by atoms with Gasteiger partial charge in [-0.15, -0.1) is 0 Å². The van der Waals surface area contributed by atoms with Crippen LogP contribution in [0.5, 0.6) is 0 Å². The maximum atomic E-state index is 2.65. The number of nitrogens with zero attached hydrogens (tertiary/aromatic N) is 1. The maximum Gasteiger partial charge on any atom is 0.0234 e. The summed E-state index contributed by atoms with van der Waals surface area (Å²) in [5.74, 6) is 1.02. The Kier molecular flexibility index (Phi) is 2.51. The fraction of sp³-hybridized carbons (Fsp3) is 0.600. The molecule has 86 valence electrons. The van der Waals surface area contributed by atoms with Crippen molar-refractivity contribution in [1.29, 1.82) is 0 Å². The van der Waals surface area contributed by atoms with Crippen molar-refractivity contribution in [3.63, 3.8) is 0 Å². The van der Waals surface area contributed by atoms with E-state index in [0.29, 0.717) is 0 Å². The van der Waals surface area contributed by atoms with Crippen LogP contribution in [-0.2, 0) is 6.54 Å². The van der Waals surface area contributed by atoms with Gasteiger partial charge in [0.1, 0.15) is 0 Å². The molecule has 0 N–H and O–H groups in total. The lowest BCUT2D eigenvalue weighted by Gasteiger charge is -2.20. The minimum Gasteiger partial charge on any atom is -0.298 e. The second-order valence-corrected chi connectivity index (χ2v) is 5.67. The average molecular weight is 215 g/mol. The molecule has 0 amide bonds. The van der Waals surface area contributed by atoms with Crippen molar-refractivity contribution in [2.75, 3.05) is 13.1 Å². The third-order valence-corrected chi connectivity index (χ3v) is 4.37.